The second kappa shape index (κ2) is 5.16. The fourth-order valence-corrected chi connectivity index (χ4v) is 3.27. The Hall–Kier alpha value is -2.29. The molecule has 1 heterocycles. The molecule has 3 rings (SSSR count). The van der Waals surface area contributed by atoms with Crippen molar-refractivity contribution in [3.63, 3.8) is 0 Å². The molecule has 2 aromatic carbocycles. The maximum absolute atomic E-state index is 12.7. The average molecular weight is 295 g/mol. The summed E-state index contributed by atoms with van der Waals surface area (Å²) in [7, 11) is 1.67. The van der Waals surface area contributed by atoms with Gasteiger partial charge in [-0.2, -0.15) is 0 Å². The van der Waals surface area contributed by atoms with Crippen molar-refractivity contribution >= 4 is 11.6 Å². The molecule has 0 aliphatic carbocycles. The zero-order chi connectivity index (χ0) is 15.9. The molecule has 3 heteroatoms. The van der Waals surface area contributed by atoms with E-state index < -0.39 is 5.41 Å². The number of carbonyl (C=O) groups is 1. The third-order valence-electron chi connectivity index (χ3n) is 4.43. The Kier molecular flexibility index (Phi) is 3.44. The van der Waals surface area contributed by atoms with Crippen LogP contribution in [0.1, 0.15) is 31.0 Å². The molecule has 1 amide bonds. The normalized spacial score (nSPS) is 19.7. The fraction of sp³-hybridized carbons (Fsp3) is 0.316. The molecule has 1 aliphatic heterocycles. The molecular formula is C19H21NO2. The van der Waals surface area contributed by atoms with E-state index in [9.17, 15) is 4.79 Å². The number of aryl methyl sites for hydroxylation is 1. The van der Waals surface area contributed by atoms with Crippen molar-refractivity contribution in [2.45, 2.75) is 26.8 Å². The lowest BCUT2D eigenvalue weighted by atomic mass is 9.70. The number of para-hydroxylation sites is 1. The van der Waals surface area contributed by atoms with Gasteiger partial charge in [0.25, 0.3) is 0 Å². The predicted molar refractivity (Wildman–Crippen MR) is 88.2 cm³/mol. The van der Waals surface area contributed by atoms with Gasteiger partial charge in [-0.3, -0.25) is 4.79 Å². The molecule has 2 aromatic rings. The van der Waals surface area contributed by atoms with Crippen LogP contribution >= 0.6 is 0 Å². The van der Waals surface area contributed by atoms with E-state index in [0.717, 1.165) is 22.6 Å². The summed E-state index contributed by atoms with van der Waals surface area (Å²) in [4.78, 5) is 14.5. The average Bonchev–Trinajstić information content (AvgIpc) is 2.51. The molecule has 0 radical (unpaired) electrons. The molecule has 0 saturated carbocycles. The zero-order valence-electron chi connectivity index (χ0n) is 13.5. The van der Waals surface area contributed by atoms with E-state index in [1.807, 2.05) is 68.1 Å². The lowest BCUT2D eigenvalue weighted by Gasteiger charge is -2.53. The molecule has 0 N–H and O–H groups in total. The molecule has 1 atom stereocenters. The lowest BCUT2D eigenvalue weighted by Crippen LogP contribution is -2.61. The standard InChI is InChI=1S/C19H21NO2/c1-13-8-7-9-14(12-13)20-17(19(2,3)18(20)21)15-10-5-6-11-16(15)22-4/h5-12,17H,1-4H3. The lowest BCUT2D eigenvalue weighted by molar-refractivity contribution is -0.137. The molecule has 0 spiro atoms. The monoisotopic (exact) mass is 295 g/mol. The summed E-state index contributed by atoms with van der Waals surface area (Å²) >= 11 is 0. The summed E-state index contributed by atoms with van der Waals surface area (Å²) in [6.45, 7) is 6.04. The maximum atomic E-state index is 12.7. The molecule has 1 unspecified atom stereocenters. The van der Waals surface area contributed by atoms with Crippen LogP contribution in [0.2, 0.25) is 0 Å². The van der Waals surface area contributed by atoms with E-state index >= 15 is 0 Å². The third kappa shape index (κ3) is 2.08. The predicted octanol–water partition coefficient (Wildman–Crippen LogP) is 4.12. The summed E-state index contributed by atoms with van der Waals surface area (Å²) in [6, 6.07) is 16.0. The zero-order valence-corrected chi connectivity index (χ0v) is 13.5. The minimum Gasteiger partial charge on any atom is -0.496 e. The molecule has 22 heavy (non-hydrogen) atoms. The van der Waals surface area contributed by atoms with Gasteiger partial charge in [-0.25, -0.2) is 0 Å². The van der Waals surface area contributed by atoms with Gasteiger partial charge in [-0.15, -0.1) is 0 Å². The Bertz CT molecular complexity index is 721. The van der Waals surface area contributed by atoms with Gasteiger partial charge in [-0.05, 0) is 44.5 Å². The van der Waals surface area contributed by atoms with Crippen molar-refractivity contribution in [3.05, 3.63) is 59.7 Å². The number of benzene rings is 2. The number of methoxy groups -OCH3 is 1. The molecule has 0 aromatic heterocycles. The van der Waals surface area contributed by atoms with E-state index in [-0.39, 0.29) is 11.9 Å². The number of ether oxygens (including phenoxy) is 1. The Morgan fingerprint density at radius 2 is 1.82 bits per heavy atom. The molecule has 3 nitrogen and oxygen atoms in total. The Labute approximate surface area is 131 Å². The quantitative estimate of drug-likeness (QED) is 0.797. The van der Waals surface area contributed by atoms with Crippen LogP contribution in [0.25, 0.3) is 0 Å². The molecular weight excluding hydrogens is 274 g/mol. The third-order valence-corrected chi connectivity index (χ3v) is 4.43. The largest absolute Gasteiger partial charge is 0.496 e. The van der Waals surface area contributed by atoms with Crippen molar-refractivity contribution in [2.75, 3.05) is 12.0 Å². The summed E-state index contributed by atoms with van der Waals surface area (Å²) in [6.07, 6.45) is 0. The summed E-state index contributed by atoms with van der Waals surface area (Å²) in [5.74, 6) is 0.972. The number of rotatable bonds is 3. The van der Waals surface area contributed by atoms with Crippen LogP contribution in [-0.4, -0.2) is 13.0 Å². The molecule has 1 saturated heterocycles. The Morgan fingerprint density at radius 1 is 1.09 bits per heavy atom. The summed E-state index contributed by atoms with van der Waals surface area (Å²) in [5.41, 5.74) is 2.71. The van der Waals surface area contributed by atoms with Gasteiger partial charge in [0, 0.05) is 11.3 Å². The van der Waals surface area contributed by atoms with E-state index in [4.69, 9.17) is 4.74 Å². The second-order valence-corrected chi connectivity index (χ2v) is 6.38. The molecule has 1 aliphatic rings. The molecule has 0 bridgehead atoms. The first-order valence-electron chi connectivity index (χ1n) is 7.50. The highest BCUT2D eigenvalue weighted by atomic mass is 16.5. The number of amides is 1. The number of nitrogens with zero attached hydrogens (tertiary/aromatic N) is 1. The Morgan fingerprint density at radius 3 is 2.50 bits per heavy atom. The van der Waals surface area contributed by atoms with Crippen molar-refractivity contribution in [2.24, 2.45) is 5.41 Å². The van der Waals surface area contributed by atoms with Crippen LogP contribution in [0, 0.1) is 12.3 Å². The van der Waals surface area contributed by atoms with Crippen molar-refractivity contribution in [1.82, 2.24) is 0 Å². The first-order chi connectivity index (χ1) is 10.5. The van der Waals surface area contributed by atoms with Crippen molar-refractivity contribution in [3.8, 4) is 5.75 Å². The van der Waals surface area contributed by atoms with Crippen LogP contribution in [0.3, 0.4) is 0 Å². The number of carbonyl (C=O) groups excluding carboxylic acids is 1. The minimum atomic E-state index is -0.432. The summed E-state index contributed by atoms with van der Waals surface area (Å²) < 4.78 is 5.50. The van der Waals surface area contributed by atoms with Crippen LogP contribution in [-0.2, 0) is 4.79 Å². The minimum absolute atomic E-state index is 0.0158. The first kappa shape index (κ1) is 14.6. The van der Waals surface area contributed by atoms with E-state index in [2.05, 4.69) is 6.07 Å². The van der Waals surface area contributed by atoms with Gasteiger partial charge >= 0.3 is 0 Å². The van der Waals surface area contributed by atoms with Crippen LogP contribution in [0.4, 0.5) is 5.69 Å². The molecule has 114 valence electrons. The van der Waals surface area contributed by atoms with E-state index in [1.165, 1.54) is 0 Å². The van der Waals surface area contributed by atoms with Crippen molar-refractivity contribution in [1.29, 1.82) is 0 Å². The van der Waals surface area contributed by atoms with Gasteiger partial charge in [0.05, 0.1) is 18.6 Å². The van der Waals surface area contributed by atoms with Crippen LogP contribution < -0.4 is 9.64 Å². The highest BCUT2D eigenvalue weighted by Gasteiger charge is 2.56. The maximum Gasteiger partial charge on any atom is 0.235 e. The second-order valence-electron chi connectivity index (χ2n) is 6.38. The number of β-lactam (4-membered cyclic amide) rings is 1. The SMILES string of the molecule is COc1ccccc1C1N(c2cccc(C)c2)C(=O)C1(C)C. The van der Waals surface area contributed by atoms with Crippen LogP contribution in [0.5, 0.6) is 5.75 Å². The van der Waals surface area contributed by atoms with Crippen molar-refractivity contribution < 1.29 is 9.53 Å². The van der Waals surface area contributed by atoms with E-state index in [1.54, 1.807) is 7.11 Å². The highest BCUT2D eigenvalue weighted by Crippen LogP contribution is 2.53. The molecule has 1 fully saturated rings. The highest BCUT2D eigenvalue weighted by molar-refractivity contribution is 6.06. The fourth-order valence-electron chi connectivity index (χ4n) is 3.27. The number of anilines is 1. The number of hydrogen-bond acceptors (Lipinski definition) is 2. The van der Waals surface area contributed by atoms with Gasteiger partial charge in [0.1, 0.15) is 5.75 Å². The summed E-state index contributed by atoms with van der Waals surface area (Å²) in [5, 5.41) is 0. The smallest absolute Gasteiger partial charge is 0.235 e. The van der Waals surface area contributed by atoms with Crippen LogP contribution in [0.15, 0.2) is 48.5 Å². The van der Waals surface area contributed by atoms with Gasteiger partial charge in [0.2, 0.25) is 5.91 Å². The van der Waals surface area contributed by atoms with E-state index in [0.29, 0.717) is 0 Å². The first-order valence-corrected chi connectivity index (χ1v) is 7.50. The van der Waals surface area contributed by atoms with Gasteiger partial charge < -0.3 is 9.64 Å². The topological polar surface area (TPSA) is 29.5 Å². The van der Waals surface area contributed by atoms with Gasteiger partial charge in [0.15, 0.2) is 0 Å². The Balaban J connectivity index is 2.09. The van der Waals surface area contributed by atoms with Gasteiger partial charge in [-0.1, -0.05) is 30.3 Å². The number of hydrogen-bond donors (Lipinski definition) is 0.